The third-order valence-electron chi connectivity index (χ3n) is 2.21. The summed E-state index contributed by atoms with van der Waals surface area (Å²) in [5, 5.41) is 0. The number of para-hydroxylation sites is 1. The number of hydrogen-bond donors (Lipinski definition) is 0. The Labute approximate surface area is 89.7 Å². The van der Waals surface area contributed by atoms with Gasteiger partial charge in [0.15, 0.2) is 0 Å². The topological polar surface area (TPSA) is 37.4 Å². The van der Waals surface area contributed by atoms with Gasteiger partial charge in [0.05, 0.1) is 0 Å². The number of anilines is 1. The third kappa shape index (κ3) is 3.54. The molecule has 0 fully saturated rings. The SMILES string of the molecule is CC(=O)CCC(=O)N(C)c1ccccc1. The van der Waals surface area contributed by atoms with Crippen molar-refractivity contribution in [2.75, 3.05) is 11.9 Å². The van der Waals surface area contributed by atoms with Crippen LogP contribution in [-0.2, 0) is 9.59 Å². The van der Waals surface area contributed by atoms with E-state index in [4.69, 9.17) is 0 Å². The number of Topliss-reactive ketones (excluding diaryl/α,β-unsaturated/α-hetero) is 1. The predicted octanol–water partition coefficient (Wildman–Crippen LogP) is 2.02. The first-order valence-corrected chi connectivity index (χ1v) is 4.92. The first-order chi connectivity index (χ1) is 7.11. The molecule has 1 amide bonds. The smallest absolute Gasteiger partial charge is 0.227 e. The molecule has 0 saturated carbocycles. The second-order valence-corrected chi connectivity index (χ2v) is 3.49. The molecule has 0 aliphatic rings. The van der Waals surface area contributed by atoms with E-state index in [1.807, 2.05) is 30.3 Å². The molecule has 0 saturated heterocycles. The van der Waals surface area contributed by atoms with E-state index in [1.165, 1.54) is 6.92 Å². The summed E-state index contributed by atoms with van der Waals surface area (Å²) in [7, 11) is 1.72. The van der Waals surface area contributed by atoms with Crippen LogP contribution < -0.4 is 4.90 Å². The van der Waals surface area contributed by atoms with Gasteiger partial charge in [-0.2, -0.15) is 0 Å². The zero-order chi connectivity index (χ0) is 11.3. The molecule has 3 nitrogen and oxygen atoms in total. The zero-order valence-electron chi connectivity index (χ0n) is 9.06. The van der Waals surface area contributed by atoms with E-state index in [-0.39, 0.29) is 18.1 Å². The van der Waals surface area contributed by atoms with E-state index < -0.39 is 0 Å². The average molecular weight is 205 g/mol. The Hall–Kier alpha value is -1.64. The summed E-state index contributed by atoms with van der Waals surface area (Å²) in [6, 6.07) is 9.39. The van der Waals surface area contributed by atoms with Crippen molar-refractivity contribution >= 4 is 17.4 Å². The first-order valence-electron chi connectivity index (χ1n) is 4.92. The lowest BCUT2D eigenvalue weighted by Gasteiger charge is -2.16. The van der Waals surface area contributed by atoms with Crippen LogP contribution in [0.2, 0.25) is 0 Å². The van der Waals surface area contributed by atoms with Gasteiger partial charge in [-0.05, 0) is 19.1 Å². The van der Waals surface area contributed by atoms with Gasteiger partial charge < -0.3 is 9.69 Å². The maximum Gasteiger partial charge on any atom is 0.227 e. The summed E-state index contributed by atoms with van der Waals surface area (Å²) in [6.45, 7) is 1.50. The number of carbonyl (C=O) groups excluding carboxylic acids is 2. The molecule has 0 aliphatic carbocycles. The highest BCUT2D eigenvalue weighted by atomic mass is 16.2. The van der Waals surface area contributed by atoms with E-state index in [9.17, 15) is 9.59 Å². The molecule has 1 aromatic carbocycles. The highest BCUT2D eigenvalue weighted by Crippen LogP contribution is 2.12. The average Bonchev–Trinajstić information content (AvgIpc) is 2.26. The molecule has 0 aromatic heterocycles. The Morgan fingerprint density at radius 3 is 2.27 bits per heavy atom. The van der Waals surface area contributed by atoms with Crippen LogP contribution in [0.4, 0.5) is 5.69 Å². The quantitative estimate of drug-likeness (QED) is 0.754. The summed E-state index contributed by atoms with van der Waals surface area (Å²) in [5.74, 6) is 0.0150. The molecule has 3 heteroatoms. The molecule has 0 bridgehead atoms. The minimum Gasteiger partial charge on any atom is -0.315 e. The molecule has 1 aromatic rings. The second kappa shape index (κ2) is 5.29. The fourth-order valence-corrected chi connectivity index (χ4v) is 1.25. The molecule has 0 heterocycles. The van der Waals surface area contributed by atoms with Crippen molar-refractivity contribution in [2.45, 2.75) is 19.8 Å². The fourth-order valence-electron chi connectivity index (χ4n) is 1.25. The number of rotatable bonds is 4. The third-order valence-corrected chi connectivity index (χ3v) is 2.21. The Morgan fingerprint density at radius 1 is 1.13 bits per heavy atom. The summed E-state index contributed by atoms with van der Waals surface area (Å²) in [4.78, 5) is 23.9. The van der Waals surface area contributed by atoms with Gasteiger partial charge in [-0.15, -0.1) is 0 Å². The standard InChI is InChI=1S/C12H15NO2/c1-10(14)8-9-12(15)13(2)11-6-4-3-5-7-11/h3-7H,8-9H2,1-2H3. The van der Waals surface area contributed by atoms with Crippen LogP contribution in [0.1, 0.15) is 19.8 Å². The van der Waals surface area contributed by atoms with Gasteiger partial charge in [0.1, 0.15) is 5.78 Å². The van der Waals surface area contributed by atoms with Gasteiger partial charge in [0.2, 0.25) is 5.91 Å². The molecule has 0 atom stereocenters. The molecule has 0 N–H and O–H groups in total. The van der Waals surface area contributed by atoms with Crippen molar-refractivity contribution in [3.05, 3.63) is 30.3 Å². The lowest BCUT2D eigenvalue weighted by molar-refractivity contribution is -0.122. The zero-order valence-corrected chi connectivity index (χ0v) is 9.06. The van der Waals surface area contributed by atoms with E-state index in [1.54, 1.807) is 11.9 Å². The van der Waals surface area contributed by atoms with Crippen LogP contribution in [0.15, 0.2) is 30.3 Å². The molecular formula is C12H15NO2. The Bertz CT molecular complexity index is 346. The van der Waals surface area contributed by atoms with Crippen molar-refractivity contribution in [1.82, 2.24) is 0 Å². The van der Waals surface area contributed by atoms with Crippen molar-refractivity contribution in [3.63, 3.8) is 0 Å². The summed E-state index contributed by atoms with van der Waals surface area (Å²) in [6.07, 6.45) is 0.594. The molecule has 15 heavy (non-hydrogen) atoms. The lowest BCUT2D eigenvalue weighted by Crippen LogP contribution is -2.26. The number of hydrogen-bond acceptors (Lipinski definition) is 2. The molecular weight excluding hydrogens is 190 g/mol. The minimum absolute atomic E-state index is 0.0311. The second-order valence-electron chi connectivity index (χ2n) is 3.49. The van der Waals surface area contributed by atoms with Crippen LogP contribution in [0.25, 0.3) is 0 Å². The highest BCUT2D eigenvalue weighted by molar-refractivity contribution is 5.94. The maximum atomic E-state index is 11.6. The molecule has 0 unspecified atom stereocenters. The molecule has 0 spiro atoms. The van der Waals surface area contributed by atoms with Gasteiger partial charge in [-0.3, -0.25) is 4.79 Å². The molecule has 0 aliphatic heterocycles. The number of nitrogens with zero attached hydrogens (tertiary/aromatic N) is 1. The Kier molecular flexibility index (Phi) is 4.03. The van der Waals surface area contributed by atoms with Crippen LogP contribution in [0, 0.1) is 0 Å². The largest absolute Gasteiger partial charge is 0.315 e. The fraction of sp³-hybridized carbons (Fsp3) is 0.333. The van der Waals surface area contributed by atoms with Gasteiger partial charge in [-0.25, -0.2) is 0 Å². The van der Waals surface area contributed by atoms with Gasteiger partial charge >= 0.3 is 0 Å². The summed E-state index contributed by atoms with van der Waals surface area (Å²) < 4.78 is 0. The van der Waals surface area contributed by atoms with E-state index in [0.29, 0.717) is 6.42 Å². The highest BCUT2D eigenvalue weighted by Gasteiger charge is 2.10. The molecule has 0 radical (unpaired) electrons. The molecule has 1 rings (SSSR count). The van der Waals surface area contributed by atoms with Crippen molar-refractivity contribution in [3.8, 4) is 0 Å². The van der Waals surface area contributed by atoms with E-state index in [2.05, 4.69) is 0 Å². The first kappa shape index (κ1) is 11.4. The van der Waals surface area contributed by atoms with Crippen molar-refractivity contribution in [2.24, 2.45) is 0 Å². The van der Waals surface area contributed by atoms with Crippen LogP contribution in [0.3, 0.4) is 0 Å². The maximum absolute atomic E-state index is 11.6. The van der Waals surface area contributed by atoms with Crippen molar-refractivity contribution < 1.29 is 9.59 Å². The van der Waals surface area contributed by atoms with Gasteiger partial charge in [-0.1, -0.05) is 18.2 Å². The lowest BCUT2D eigenvalue weighted by atomic mass is 10.2. The Balaban J connectivity index is 2.57. The van der Waals surface area contributed by atoms with Crippen LogP contribution in [0.5, 0.6) is 0 Å². The van der Waals surface area contributed by atoms with Crippen molar-refractivity contribution in [1.29, 1.82) is 0 Å². The van der Waals surface area contributed by atoms with Gasteiger partial charge in [0.25, 0.3) is 0 Å². The van der Waals surface area contributed by atoms with Gasteiger partial charge in [0, 0.05) is 25.6 Å². The monoisotopic (exact) mass is 205 g/mol. The predicted molar refractivity (Wildman–Crippen MR) is 59.8 cm³/mol. The number of benzene rings is 1. The van der Waals surface area contributed by atoms with E-state index in [0.717, 1.165) is 5.69 Å². The number of carbonyl (C=O) groups is 2. The Morgan fingerprint density at radius 2 is 1.73 bits per heavy atom. The van der Waals surface area contributed by atoms with Crippen LogP contribution in [-0.4, -0.2) is 18.7 Å². The number of ketones is 1. The van der Waals surface area contributed by atoms with Crippen LogP contribution >= 0.6 is 0 Å². The van der Waals surface area contributed by atoms with E-state index >= 15 is 0 Å². The summed E-state index contributed by atoms with van der Waals surface area (Å²) >= 11 is 0. The summed E-state index contributed by atoms with van der Waals surface area (Å²) in [5.41, 5.74) is 0.853. The minimum atomic E-state index is -0.0311. The normalized spacial score (nSPS) is 9.73. The molecule has 80 valence electrons. The number of amides is 1.